The molecule has 2 fully saturated rings. The highest BCUT2D eigenvalue weighted by Gasteiger charge is 2.36. The van der Waals surface area contributed by atoms with E-state index in [1.54, 1.807) is 0 Å². The SMILES string of the molecule is CCNC(C1CCC(C(C)C)CC1)C1CC(C)CC(C)C1. The van der Waals surface area contributed by atoms with E-state index in [0.717, 1.165) is 48.1 Å². The maximum atomic E-state index is 3.91. The Bertz CT molecular complexity index is 280. The molecule has 0 heterocycles. The molecule has 1 nitrogen and oxygen atoms in total. The van der Waals surface area contributed by atoms with E-state index in [1.807, 2.05) is 0 Å². The van der Waals surface area contributed by atoms with Crippen molar-refractivity contribution in [1.82, 2.24) is 5.32 Å². The summed E-state index contributed by atoms with van der Waals surface area (Å²) in [5, 5.41) is 3.91. The van der Waals surface area contributed by atoms with Crippen LogP contribution in [-0.2, 0) is 0 Å². The lowest BCUT2D eigenvalue weighted by Crippen LogP contribution is -2.46. The molecule has 1 N–H and O–H groups in total. The zero-order valence-electron chi connectivity index (χ0n) is 15.2. The van der Waals surface area contributed by atoms with Crippen LogP contribution in [0.3, 0.4) is 0 Å². The molecule has 0 amide bonds. The van der Waals surface area contributed by atoms with Crippen molar-refractivity contribution < 1.29 is 0 Å². The van der Waals surface area contributed by atoms with Crippen LogP contribution in [0.5, 0.6) is 0 Å². The predicted molar refractivity (Wildman–Crippen MR) is 93.4 cm³/mol. The van der Waals surface area contributed by atoms with Gasteiger partial charge >= 0.3 is 0 Å². The Hall–Kier alpha value is -0.0400. The largest absolute Gasteiger partial charge is 0.314 e. The molecule has 0 aromatic heterocycles. The summed E-state index contributed by atoms with van der Waals surface area (Å²) in [4.78, 5) is 0. The second-order valence-electron chi connectivity index (χ2n) is 8.68. The van der Waals surface area contributed by atoms with Crippen LogP contribution in [0, 0.1) is 35.5 Å². The first-order valence-electron chi connectivity index (χ1n) is 9.74. The zero-order chi connectivity index (χ0) is 15.4. The highest BCUT2D eigenvalue weighted by molar-refractivity contribution is 4.90. The summed E-state index contributed by atoms with van der Waals surface area (Å²) in [6.07, 6.45) is 10.3. The molecule has 0 radical (unpaired) electrons. The van der Waals surface area contributed by atoms with E-state index < -0.39 is 0 Å². The van der Waals surface area contributed by atoms with E-state index >= 15 is 0 Å². The van der Waals surface area contributed by atoms with Crippen LogP contribution in [0.4, 0.5) is 0 Å². The lowest BCUT2D eigenvalue weighted by molar-refractivity contribution is 0.109. The molecular weight excluding hydrogens is 254 g/mol. The Morgan fingerprint density at radius 2 is 1.33 bits per heavy atom. The normalized spacial score (nSPS) is 39.4. The van der Waals surface area contributed by atoms with Gasteiger partial charge < -0.3 is 5.32 Å². The first kappa shape index (κ1) is 17.3. The van der Waals surface area contributed by atoms with Gasteiger partial charge in [-0.1, -0.05) is 34.6 Å². The Morgan fingerprint density at radius 3 is 1.81 bits per heavy atom. The van der Waals surface area contributed by atoms with Crippen LogP contribution in [0.25, 0.3) is 0 Å². The molecule has 3 atom stereocenters. The quantitative estimate of drug-likeness (QED) is 0.706. The van der Waals surface area contributed by atoms with Gasteiger partial charge in [0.15, 0.2) is 0 Å². The van der Waals surface area contributed by atoms with E-state index in [-0.39, 0.29) is 0 Å². The van der Waals surface area contributed by atoms with Crippen molar-refractivity contribution in [2.75, 3.05) is 6.54 Å². The van der Waals surface area contributed by atoms with Crippen LogP contribution in [0.2, 0.25) is 0 Å². The number of hydrogen-bond donors (Lipinski definition) is 1. The molecular formula is C20H39N. The number of rotatable bonds is 5. The van der Waals surface area contributed by atoms with Crippen LogP contribution in [0.15, 0.2) is 0 Å². The fourth-order valence-electron chi connectivity index (χ4n) is 5.43. The first-order valence-corrected chi connectivity index (χ1v) is 9.74. The topological polar surface area (TPSA) is 12.0 Å². The summed E-state index contributed by atoms with van der Waals surface area (Å²) in [5.74, 6) is 5.64. The van der Waals surface area contributed by atoms with Crippen molar-refractivity contribution in [3.05, 3.63) is 0 Å². The van der Waals surface area contributed by atoms with Gasteiger partial charge in [0.25, 0.3) is 0 Å². The minimum atomic E-state index is 0.799. The molecule has 0 bridgehead atoms. The van der Waals surface area contributed by atoms with Crippen molar-refractivity contribution in [3.8, 4) is 0 Å². The van der Waals surface area contributed by atoms with Crippen LogP contribution in [-0.4, -0.2) is 12.6 Å². The van der Waals surface area contributed by atoms with E-state index in [2.05, 4.69) is 39.9 Å². The van der Waals surface area contributed by atoms with Crippen molar-refractivity contribution in [2.24, 2.45) is 35.5 Å². The summed E-state index contributed by atoms with van der Waals surface area (Å²) in [6, 6.07) is 0.799. The molecule has 2 aliphatic rings. The monoisotopic (exact) mass is 293 g/mol. The number of nitrogens with one attached hydrogen (secondary N) is 1. The standard InChI is InChI=1S/C20H39N/c1-6-21-20(19-12-15(4)11-16(5)13-19)18-9-7-17(8-10-18)14(2)3/h14-21H,6-13H2,1-5H3. The molecule has 0 aromatic rings. The molecule has 0 saturated heterocycles. The fourth-order valence-corrected chi connectivity index (χ4v) is 5.43. The van der Waals surface area contributed by atoms with E-state index in [4.69, 9.17) is 0 Å². The summed E-state index contributed by atoms with van der Waals surface area (Å²) in [7, 11) is 0. The van der Waals surface area contributed by atoms with Crippen LogP contribution in [0.1, 0.15) is 79.6 Å². The van der Waals surface area contributed by atoms with E-state index in [9.17, 15) is 0 Å². The molecule has 124 valence electrons. The van der Waals surface area contributed by atoms with Crippen LogP contribution < -0.4 is 5.32 Å². The lowest BCUT2D eigenvalue weighted by atomic mass is 9.67. The van der Waals surface area contributed by atoms with Gasteiger partial charge in [-0.15, -0.1) is 0 Å². The summed E-state index contributed by atoms with van der Waals surface area (Å²) in [5.41, 5.74) is 0. The minimum Gasteiger partial charge on any atom is -0.314 e. The third-order valence-corrected chi connectivity index (χ3v) is 6.43. The fraction of sp³-hybridized carbons (Fsp3) is 1.00. The summed E-state index contributed by atoms with van der Waals surface area (Å²) in [6.45, 7) is 13.2. The first-order chi connectivity index (χ1) is 10.0. The molecule has 2 saturated carbocycles. The third kappa shape index (κ3) is 4.71. The molecule has 0 aliphatic heterocycles. The Balaban J connectivity index is 1.95. The van der Waals surface area contributed by atoms with Gasteiger partial charge in [-0.3, -0.25) is 0 Å². The average molecular weight is 294 g/mol. The van der Waals surface area contributed by atoms with Gasteiger partial charge in [0.05, 0.1) is 0 Å². The molecule has 1 heteroatoms. The Morgan fingerprint density at radius 1 is 0.810 bits per heavy atom. The zero-order valence-corrected chi connectivity index (χ0v) is 15.2. The summed E-state index contributed by atoms with van der Waals surface area (Å²) < 4.78 is 0. The van der Waals surface area contributed by atoms with Crippen molar-refractivity contribution >= 4 is 0 Å². The van der Waals surface area contributed by atoms with Gasteiger partial charge in [0, 0.05) is 6.04 Å². The van der Waals surface area contributed by atoms with Gasteiger partial charge in [-0.25, -0.2) is 0 Å². The van der Waals surface area contributed by atoms with Gasteiger partial charge in [0.1, 0.15) is 0 Å². The summed E-state index contributed by atoms with van der Waals surface area (Å²) >= 11 is 0. The second-order valence-corrected chi connectivity index (χ2v) is 8.68. The van der Waals surface area contributed by atoms with Crippen molar-refractivity contribution in [3.63, 3.8) is 0 Å². The van der Waals surface area contributed by atoms with Gasteiger partial charge in [-0.05, 0) is 87.0 Å². The highest BCUT2D eigenvalue weighted by atomic mass is 14.9. The second kappa shape index (κ2) is 7.99. The van der Waals surface area contributed by atoms with Crippen molar-refractivity contribution in [1.29, 1.82) is 0 Å². The van der Waals surface area contributed by atoms with E-state index in [1.165, 1.54) is 44.9 Å². The molecule has 0 spiro atoms. The molecule has 3 unspecified atom stereocenters. The molecule has 0 aromatic carbocycles. The minimum absolute atomic E-state index is 0.799. The third-order valence-electron chi connectivity index (χ3n) is 6.43. The molecule has 2 aliphatic carbocycles. The van der Waals surface area contributed by atoms with Gasteiger partial charge in [-0.2, -0.15) is 0 Å². The van der Waals surface area contributed by atoms with Gasteiger partial charge in [0.2, 0.25) is 0 Å². The van der Waals surface area contributed by atoms with Crippen LogP contribution >= 0.6 is 0 Å². The maximum Gasteiger partial charge on any atom is 0.0124 e. The number of hydrogen-bond acceptors (Lipinski definition) is 1. The average Bonchev–Trinajstić information content (AvgIpc) is 2.44. The van der Waals surface area contributed by atoms with E-state index in [0.29, 0.717) is 0 Å². The molecule has 21 heavy (non-hydrogen) atoms. The predicted octanol–water partition coefficient (Wildman–Crippen LogP) is 5.50. The molecule has 2 rings (SSSR count). The Labute approximate surface area is 133 Å². The Kier molecular flexibility index (Phi) is 6.59. The van der Waals surface area contributed by atoms with Crippen molar-refractivity contribution in [2.45, 2.75) is 85.6 Å². The smallest absolute Gasteiger partial charge is 0.0124 e. The lowest BCUT2D eigenvalue weighted by Gasteiger charge is -2.43. The maximum absolute atomic E-state index is 3.91. The highest BCUT2D eigenvalue weighted by Crippen LogP contribution is 2.41.